The number of ether oxygens (including phenoxy) is 1. The van der Waals surface area contributed by atoms with E-state index < -0.39 is 0 Å². The molecule has 0 fully saturated rings. The minimum absolute atomic E-state index is 0.00492. The highest BCUT2D eigenvalue weighted by molar-refractivity contribution is 5.78. The van der Waals surface area contributed by atoms with Crippen molar-refractivity contribution >= 4 is 5.91 Å². The Bertz CT molecular complexity index is 699. The summed E-state index contributed by atoms with van der Waals surface area (Å²) in [5.74, 6) is 0.358. The zero-order chi connectivity index (χ0) is 19.1. The summed E-state index contributed by atoms with van der Waals surface area (Å²) in [5, 5.41) is 3.04. The van der Waals surface area contributed by atoms with Gasteiger partial charge in [-0.1, -0.05) is 31.2 Å². The number of halogens is 1. The van der Waals surface area contributed by atoms with Crippen molar-refractivity contribution < 1.29 is 13.9 Å². The molecule has 140 valence electrons. The number of nitrogens with one attached hydrogen (secondary N) is 1. The van der Waals surface area contributed by atoms with E-state index in [1.807, 2.05) is 45.3 Å². The van der Waals surface area contributed by atoms with E-state index in [4.69, 9.17) is 4.74 Å². The van der Waals surface area contributed by atoms with Gasteiger partial charge in [-0.15, -0.1) is 0 Å². The Labute approximate surface area is 155 Å². The molecule has 0 radical (unpaired) electrons. The molecule has 0 heterocycles. The summed E-state index contributed by atoms with van der Waals surface area (Å²) >= 11 is 0. The number of benzene rings is 2. The molecule has 2 atom stereocenters. The third kappa shape index (κ3) is 5.56. The summed E-state index contributed by atoms with van der Waals surface area (Å²) in [6, 6.07) is 14.2. The van der Waals surface area contributed by atoms with Gasteiger partial charge in [0.2, 0.25) is 5.91 Å². The second kappa shape index (κ2) is 9.34. The predicted octanol–water partition coefficient (Wildman–Crippen LogP) is 3.43. The van der Waals surface area contributed by atoms with Crippen LogP contribution in [0.3, 0.4) is 0 Å². The molecule has 0 spiro atoms. The van der Waals surface area contributed by atoms with Crippen molar-refractivity contribution in [3.05, 3.63) is 65.5 Å². The van der Waals surface area contributed by atoms with Crippen molar-refractivity contribution in [1.29, 1.82) is 0 Å². The van der Waals surface area contributed by atoms with Gasteiger partial charge in [0.15, 0.2) is 0 Å². The Morgan fingerprint density at radius 1 is 1.12 bits per heavy atom. The van der Waals surface area contributed by atoms with Crippen LogP contribution in [0.5, 0.6) is 5.75 Å². The Kier molecular flexibility index (Phi) is 7.16. The Hall–Kier alpha value is -2.40. The van der Waals surface area contributed by atoms with Crippen LogP contribution in [0.4, 0.5) is 4.39 Å². The van der Waals surface area contributed by atoms with Crippen LogP contribution < -0.4 is 10.1 Å². The van der Waals surface area contributed by atoms with Gasteiger partial charge >= 0.3 is 0 Å². The number of hydrogen-bond donors (Lipinski definition) is 1. The molecule has 0 saturated heterocycles. The fourth-order valence-electron chi connectivity index (χ4n) is 2.86. The van der Waals surface area contributed by atoms with E-state index in [1.165, 1.54) is 12.1 Å². The monoisotopic (exact) mass is 358 g/mol. The molecule has 5 heteroatoms. The summed E-state index contributed by atoms with van der Waals surface area (Å²) in [6.07, 6.45) is 0.585. The third-order valence-corrected chi connectivity index (χ3v) is 4.50. The fraction of sp³-hybridized carbons (Fsp3) is 0.381. The van der Waals surface area contributed by atoms with Crippen LogP contribution in [0, 0.1) is 11.7 Å². The average molecular weight is 358 g/mol. The molecule has 2 aromatic rings. The minimum atomic E-state index is -0.265. The molecule has 26 heavy (non-hydrogen) atoms. The lowest BCUT2D eigenvalue weighted by molar-refractivity contribution is -0.124. The Morgan fingerprint density at radius 3 is 2.27 bits per heavy atom. The molecule has 2 rings (SSSR count). The lowest BCUT2D eigenvalue weighted by Gasteiger charge is -2.26. The van der Waals surface area contributed by atoms with Gasteiger partial charge in [-0.2, -0.15) is 0 Å². The normalized spacial score (nSPS) is 13.3. The molecular weight excluding hydrogens is 331 g/mol. The maximum Gasteiger partial charge on any atom is 0.223 e. The molecular formula is C21H27FN2O2. The molecule has 0 aliphatic carbocycles. The first-order chi connectivity index (χ1) is 12.4. The third-order valence-electron chi connectivity index (χ3n) is 4.50. The predicted molar refractivity (Wildman–Crippen MR) is 102 cm³/mol. The van der Waals surface area contributed by atoms with Gasteiger partial charge in [0.1, 0.15) is 11.6 Å². The zero-order valence-corrected chi connectivity index (χ0v) is 15.8. The van der Waals surface area contributed by atoms with Gasteiger partial charge < -0.3 is 15.0 Å². The summed E-state index contributed by atoms with van der Waals surface area (Å²) in [6.45, 7) is 2.41. The van der Waals surface area contributed by atoms with Crippen molar-refractivity contribution in [3.63, 3.8) is 0 Å². The van der Waals surface area contributed by atoms with Crippen LogP contribution in [0.25, 0.3) is 0 Å². The van der Waals surface area contributed by atoms with Crippen molar-refractivity contribution in [1.82, 2.24) is 10.2 Å². The van der Waals surface area contributed by atoms with Gasteiger partial charge in [-0.3, -0.25) is 4.79 Å². The van der Waals surface area contributed by atoms with Crippen molar-refractivity contribution in [2.24, 2.45) is 5.92 Å². The molecule has 2 aromatic carbocycles. The van der Waals surface area contributed by atoms with Crippen molar-refractivity contribution in [3.8, 4) is 5.75 Å². The Balaban J connectivity index is 1.94. The molecule has 2 unspecified atom stereocenters. The number of amides is 1. The molecule has 1 N–H and O–H groups in total. The van der Waals surface area contributed by atoms with Crippen LogP contribution >= 0.6 is 0 Å². The molecule has 1 amide bonds. The average Bonchev–Trinajstić information content (AvgIpc) is 2.63. The van der Waals surface area contributed by atoms with Crippen molar-refractivity contribution in [2.75, 3.05) is 27.7 Å². The minimum Gasteiger partial charge on any atom is -0.497 e. The number of rotatable bonds is 8. The van der Waals surface area contributed by atoms with Crippen LogP contribution in [-0.4, -0.2) is 38.6 Å². The zero-order valence-electron chi connectivity index (χ0n) is 15.8. The second-order valence-corrected chi connectivity index (χ2v) is 6.73. The van der Waals surface area contributed by atoms with Crippen LogP contribution in [0.1, 0.15) is 24.1 Å². The smallest absolute Gasteiger partial charge is 0.223 e. The molecule has 0 aliphatic rings. The number of likely N-dealkylation sites (N-methyl/N-ethyl adjacent to an activating group) is 1. The molecule has 0 aromatic heterocycles. The van der Waals surface area contributed by atoms with E-state index in [9.17, 15) is 9.18 Å². The van der Waals surface area contributed by atoms with Crippen LogP contribution in [0.15, 0.2) is 48.5 Å². The highest BCUT2D eigenvalue weighted by Gasteiger charge is 2.18. The van der Waals surface area contributed by atoms with E-state index in [0.29, 0.717) is 13.0 Å². The number of carbonyl (C=O) groups is 1. The van der Waals surface area contributed by atoms with Gasteiger partial charge in [-0.25, -0.2) is 4.39 Å². The maximum atomic E-state index is 13.0. The van der Waals surface area contributed by atoms with Gasteiger partial charge in [0.05, 0.1) is 13.2 Å². The Morgan fingerprint density at radius 2 is 1.73 bits per heavy atom. The fourth-order valence-corrected chi connectivity index (χ4v) is 2.86. The number of hydrogen-bond acceptors (Lipinski definition) is 3. The van der Waals surface area contributed by atoms with Crippen molar-refractivity contribution in [2.45, 2.75) is 19.4 Å². The SMILES string of the molecule is COc1ccc(C(CNC(=O)C(C)Cc2ccc(F)cc2)N(C)C)cc1. The second-order valence-electron chi connectivity index (χ2n) is 6.73. The first-order valence-corrected chi connectivity index (χ1v) is 8.73. The maximum absolute atomic E-state index is 13.0. The van der Waals surface area contributed by atoms with Crippen LogP contribution in [0.2, 0.25) is 0 Å². The first-order valence-electron chi connectivity index (χ1n) is 8.73. The highest BCUT2D eigenvalue weighted by Crippen LogP contribution is 2.21. The van der Waals surface area contributed by atoms with E-state index in [0.717, 1.165) is 16.9 Å². The van der Waals surface area contributed by atoms with Gasteiger partial charge in [0, 0.05) is 12.5 Å². The largest absolute Gasteiger partial charge is 0.497 e. The molecule has 4 nitrogen and oxygen atoms in total. The topological polar surface area (TPSA) is 41.6 Å². The quantitative estimate of drug-likeness (QED) is 0.786. The lowest BCUT2D eigenvalue weighted by atomic mass is 10.00. The number of carbonyl (C=O) groups excluding carboxylic acids is 1. The number of methoxy groups -OCH3 is 1. The summed E-state index contributed by atoms with van der Waals surface area (Å²) < 4.78 is 18.2. The standard InChI is InChI=1S/C21H27FN2O2/c1-15(13-16-5-9-18(22)10-6-16)21(25)23-14-20(24(2)3)17-7-11-19(26-4)12-8-17/h5-12,15,20H,13-14H2,1-4H3,(H,23,25). The van der Waals surface area contributed by atoms with Gasteiger partial charge in [0.25, 0.3) is 0 Å². The summed E-state index contributed by atoms with van der Waals surface area (Å²) in [5.41, 5.74) is 2.07. The van der Waals surface area contributed by atoms with E-state index in [-0.39, 0.29) is 23.7 Å². The van der Waals surface area contributed by atoms with Gasteiger partial charge in [-0.05, 0) is 55.9 Å². The first kappa shape index (κ1) is 19.9. The van der Waals surface area contributed by atoms with Crippen LogP contribution in [-0.2, 0) is 11.2 Å². The molecule has 0 bridgehead atoms. The molecule has 0 saturated carbocycles. The molecule has 0 aliphatic heterocycles. The van der Waals surface area contributed by atoms with E-state index in [1.54, 1.807) is 19.2 Å². The van der Waals surface area contributed by atoms with E-state index >= 15 is 0 Å². The highest BCUT2D eigenvalue weighted by atomic mass is 19.1. The van der Waals surface area contributed by atoms with E-state index in [2.05, 4.69) is 10.2 Å². The lowest BCUT2D eigenvalue weighted by Crippen LogP contribution is -2.37. The summed E-state index contributed by atoms with van der Waals surface area (Å²) in [4.78, 5) is 14.5. The summed E-state index contributed by atoms with van der Waals surface area (Å²) in [7, 11) is 5.62. The number of nitrogens with zero attached hydrogens (tertiary/aromatic N) is 1.